The number of carboxylic acids is 1. The highest BCUT2D eigenvalue weighted by molar-refractivity contribution is 9.10. The van der Waals surface area contributed by atoms with Crippen molar-refractivity contribution in [3.05, 3.63) is 21.3 Å². The van der Waals surface area contributed by atoms with Gasteiger partial charge in [-0.25, -0.2) is 4.79 Å². The van der Waals surface area contributed by atoms with E-state index < -0.39 is 5.97 Å². The molecule has 0 aliphatic heterocycles. The van der Waals surface area contributed by atoms with Crippen molar-refractivity contribution in [3.8, 4) is 0 Å². The standard InChI is InChI=1S/C6H7BrN2O3/c7-4-3-8-6(12)9(4)2-1-5(10)11/h3H,1-2H2,(H,8,12)(H,10,11). The lowest BCUT2D eigenvalue weighted by atomic mass is 10.4. The van der Waals surface area contributed by atoms with Gasteiger partial charge >= 0.3 is 11.7 Å². The van der Waals surface area contributed by atoms with Gasteiger partial charge in [-0.2, -0.15) is 0 Å². The number of nitrogens with zero attached hydrogens (tertiary/aromatic N) is 1. The highest BCUT2D eigenvalue weighted by atomic mass is 79.9. The third-order valence-electron chi connectivity index (χ3n) is 1.37. The van der Waals surface area contributed by atoms with Gasteiger partial charge in [0.15, 0.2) is 0 Å². The van der Waals surface area contributed by atoms with E-state index in [0.717, 1.165) is 0 Å². The molecule has 0 aromatic carbocycles. The van der Waals surface area contributed by atoms with Gasteiger partial charge in [0, 0.05) is 12.7 Å². The molecule has 0 saturated heterocycles. The van der Waals surface area contributed by atoms with Gasteiger partial charge in [-0.3, -0.25) is 9.36 Å². The fourth-order valence-corrected chi connectivity index (χ4v) is 1.24. The van der Waals surface area contributed by atoms with Gasteiger partial charge in [-0.15, -0.1) is 0 Å². The fraction of sp³-hybridized carbons (Fsp3) is 0.333. The molecule has 1 rings (SSSR count). The van der Waals surface area contributed by atoms with Gasteiger partial charge in [0.1, 0.15) is 4.60 Å². The van der Waals surface area contributed by atoms with Crippen LogP contribution in [0.4, 0.5) is 0 Å². The molecule has 1 heterocycles. The molecule has 1 aromatic rings. The van der Waals surface area contributed by atoms with Gasteiger partial charge in [-0.05, 0) is 15.9 Å². The normalized spacial score (nSPS) is 10.1. The number of carboxylic acid groups (broad SMARTS) is 1. The number of nitrogens with one attached hydrogen (secondary N) is 1. The highest BCUT2D eigenvalue weighted by Gasteiger charge is 2.04. The van der Waals surface area contributed by atoms with E-state index in [1.165, 1.54) is 10.8 Å². The molecule has 1 aromatic heterocycles. The van der Waals surface area contributed by atoms with E-state index in [1.54, 1.807) is 0 Å². The lowest BCUT2D eigenvalue weighted by Gasteiger charge is -1.98. The number of rotatable bonds is 3. The van der Waals surface area contributed by atoms with E-state index in [-0.39, 0.29) is 18.7 Å². The third-order valence-corrected chi connectivity index (χ3v) is 2.02. The number of hydrogen-bond acceptors (Lipinski definition) is 2. The number of H-pyrrole nitrogens is 1. The number of imidazole rings is 1. The second-order valence-electron chi connectivity index (χ2n) is 2.21. The predicted molar refractivity (Wildman–Crippen MR) is 45.0 cm³/mol. The van der Waals surface area contributed by atoms with E-state index in [1.807, 2.05) is 0 Å². The molecule has 0 atom stereocenters. The lowest BCUT2D eigenvalue weighted by molar-refractivity contribution is -0.137. The number of aliphatic carboxylic acids is 1. The van der Waals surface area contributed by atoms with Crippen LogP contribution < -0.4 is 5.69 Å². The van der Waals surface area contributed by atoms with Gasteiger partial charge < -0.3 is 10.1 Å². The Bertz CT molecular complexity index is 341. The maximum Gasteiger partial charge on any atom is 0.326 e. The minimum absolute atomic E-state index is 0.0592. The first-order valence-electron chi connectivity index (χ1n) is 3.27. The van der Waals surface area contributed by atoms with Crippen LogP contribution in [0.5, 0.6) is 0 Å². The van der Waals surface area contributed by atoms with Gasteiger partial charge in [0.25, 0.3) is 0 Å². The number of hydrogen-bond donors (Lipinski definition) is 2. The Hall–Kier alpha value is -1.04. The Labute approximate surface area is 76.1 Å². The summed E-state index contributed by atoms with van der Waals surface area (Å²) < 4.78 is 1.88. The molecule has 0 unspecified atom stereocenters. The van der Waals surface area contributed by atoms with Crippen LogP contribution in [-0.4, -0.2) is 20.6 Å². The van der Waals surface area contributed by atoms with Crippen molar-refractivity contribution in [3.63, 3.8) is 0 Å². The SMILES string of the molecule is O=C(O)CCn1c(Br)c[nH]c1=O. The summed E-state index contributed by atoms with van der Waals surface area (Å²) in [5.41, 5.74) is -0.303. The summed E-state index contributed by atoms with van der Waals surface area (Å²) in [6.45, 7) is 0.179. The Kier molecular flexibility index (Phi) is 2.69. The molecule has 0 amide bonds. The minimum atomic E-state index is -0.921. The summed E-state index contributed by atoms with van der Waals surface area (Å²) in [6.07, 6.45) is 1.42. The number of halogens is 1. The first-order chi connectivity index (χ1) is 5.61. The summed E-state index contributed by atoms with van der Waals surface area (Å²) in [4.78, 5) is 23.5. The van der Waals surface area contributed by atoms with Crippen molar-refractivity contribution in [2.75, 3.05) is 0 Å². The maximum absolute atomic E-state index is 10.9. The molecule has 0 spiro atoms. The zero-order valence-corrected chi connectivity index (χ0v) is 7.67. The number of aromatic amines is 1. The molecule has 66 valence electrons. The third kappa shape index (κ3) is 1.97. The molecular weight excluding hydrogens is 228 g/mol. The molecular formula is C6H7BrN2O3. The minimum Gasteiger partial charge on any atom is -0.481 e. The van der Waals surface area contributed by atoms with Crippen LogP contribution in [0.15, 0.2) is 15.6 Å². The molecule has 0 bridgehead atoms. The molecule has 5 nitrogen and oxygen atoms in total. The molecule has 6 heteroatoms. The Morgan fingerprint density at radius 2 is 2.42 bits per heavy atom. The van der Waals surface area contributed by atoms with Crippen molar-refractivity contribution in [1.29, 1.82) is 0 Å². The topological polar surface area (TPSA) is 75.1 Å². The maximum atomic E-state index is 10.9. The lowest BCUT2D eigenvalue weighted by Crippen LogP contribution is -2.18. The Balaban J connectivity index is 2.75. The quantitative estimate of drug-likeness (QED) is 0.796. The second-order valence-corrected chi connectivity index (χ2v) is 3.02. The van der Waals surface area contributed by atoms with Crippen LogP contribution in [0.25, 0.3) is 0 Å². The molecule has 2 N–H and O–H groups in total. The average molecular weight is 235 g/mol. The van der Waals surface area contributed by atoms with Crippen LogP contribution in [-0.2, 0) is 11.3 Å². The summed E-state index contributed by atoms with van der Waals surface area (Å²) in [5.74, 6) is -0.921. The largest absolute Gasteiger partial charge is 0.481 e. The van der Waals surface area contributed by atoms with Crippen LogP contribution in [0.2, 0.25) is 0 Å². The van der Waals surface area contributed by atoms with Crippen LogP contribution >= 0.6 is 15.9 Å². The predicted octanol–water partition coefficient (Wildman–Crippen LogP) is 0.414. The summed E-state index contributed by atoms with van der Waals surface area (Å²) in [5, 5.41) is 8.35. The zero-order valence-electron chi connectivity index (χ0n) is 6.08. The molecule has 0 saturated carbocycles. The van der Waals surface area contributed by atoms with Crippen LogP contribution in [0.1, 0.15) is 6.42 Å². The molecule has 0 fully saturated rings. The van der Waals surface area contributed by atoms with E-state index in [0.29, 0.717) is 4.60 Å². The van der Waals surface area contributed by atoms with E-state index in [2.05, 4.69) is 20.9 Å². The average Bonchev–Trinajstić information content (AvgIpc) is 2.28. The smallest absolute Gasteiger partial charge is 0.326 e. The second kappa shape index (κ2) is 3.57. The van der Waals surface area contributed by atoms with Gasteiger partial charge in [0.05, 0.1) is 6.42 Å². The summed E-state index contributed by atoms with van der Waals surface area (Å²) in [6, 6.07) is 0. The highest BCUT2D eigenvalue weighted by Crippen LogP contribution is 2.04. The Morgan fingerprint density at radius 1 is 1.75 bits per heavy atom. The van der Waals surface area contributed by atoms with Crippen molar-refractivity contribution in [2.45, 2.75) is 13.0 Å². The summed E-state index contributed by atoms with van der Waals surface area (Å²) in [7, 11) is 0. The van der Waals surface area contributed by atoms with Crippen molar-refractivity contribution < 1.29 is 9.90 Å². The molecule has 0 aliphatic rings. The molecule has 0 aliphatic carbocycles. The first kappa shape index (κ1) is 9.05. The van der Waals surface area contributed by atoms with Crippen molar-refractivity contribution >= 4 is 21.9 Å². The monoisotopic (exact) mass is 234 g/mol. The first-order valence-corrected chi connectivity index (χ1v) is 4.06. The van der Waals surface area contributed by atoms with Gasteiger partial charge in [0.2, 0.25) is 0 Å². The van der Waals surface area contributed by atoms with E-state index in [4.69, 9.17) is 5.11 Å². The molecule has 0 radical (unpaired) electrons. The van der Waals surface area contributed by atoms with Crippen LogP contribution in [0, 0.1) is 0 Å². The summed E-state index contributed by atoms with van der Waals surface area (Å²) >= 11 is 3.11. The van der Waals surface area contributed by atoms with E-state index in [9.17, 15) is 9.59 Å². The fourth-order valence-electron chi connectivity index (χ4n) is 0.790. The van der Waals surface area contributed by atoms with Gasteiger partial charge in [-0.1, -0.05) is 0 Å². The Morgan fingerprint density at radius 3 is 2.83 bits per heavy atom. The van der Waals surface area contributed by atoms with Crippen LogP contribution in [0.3, 0.4) is 0 Å². The molecule has 12 heavy (non-hydrogen) atoms. The number of carbonyl (C=O) groups is 1. The van der Waals surface area contributed by atoms with Crippen molar-refractivity contribution in [2.24, 2.45) is 0 Å². The number of aromatic nitrogens is 2. The van der Waals surface area contributed by atoms with E-state index >= 15 is 0 Å². The van der Waals surface area contributed by atoms with Crippen molar-refractivity contribution in [1.82, 2.24) is 9.55 Å². The zero-order chi connectivity index (χ0) is 9.14.